The number of phenolic OH excluding ortho intramolecular Hbond substituents is 1. The standard InChI is InChI=1S/C23H30O3/c1-14(3-10-22(25)26)20-8-9-21-19-6-4-15-13-16(24)5-7-17(15)18(19)11-12-23(20,21)2/h3,5,7,10,13-14,18-21,24H,4,6,8-9,11-12H2,1-2H3,(H,25,26). The van der Waals surface area contributed by atoms with Crippen molar-refractivity contribution in [2.75, 3.05) is 0 Å². The Balaban J connectivity index is 1.59. The molecule has 0 saturated heterocycles. The van der Waals surface area contributed by atoms with Crippen LogP contribution in [0.3, 0.4) is 0 Å². The van der Waals surface area contributed by atoms with Crippen molar-refractivity contribution in [1.82, 2.24) is 0 Å². The van der Waals surface area contributed by atoms with Gasteiger partial charge in [-0.25, -0.2) is 4.79 Å². The largest absolute Gasteiger partial charge is 0.508 e. The molecule has 26 heavy (non-hydrogen) atoms. The molecular formula is C23H30O3. The summed E-state index contributed by atoms with van der Waals surface area (Å²) in [5.41, 5.74) is 3.16. The molecule has 4 rings (SSSR count). The van der Waals surface area contributed by atoms with Crippen LogP contribution in [0.15, 0.2) is 30.4 Å². The van der Waals surface area contributed by atoms with Crippen LogP contribution in [-0.2, 0) is 11.2 Å². The van der Waals surface area contributed by atoms with Crippen LogP contribution in [0.1, 0.15) is 63.0 Å². The number of aromatic hydroxyl groups is 1. The van der Waals surface area contributed by atoms with E-state index in [0.29, 0.717) is 28.9 Å². The molecule has 0 heterocycles. The highest BCUT2D eigenvalue weighted by Gasteiger charge is 2.55. The number of carboxylic acid groups (broad SMARTS) is 1. The van der Waals surface area contributed by atoms with Gasteiger partial charge < -0.3 is 10.2 Å². The van der Waals surface area contributed by atoms with Gasteiger partial charge in [0.1, 0.15) is 5.75 Å². The van der Waals surface area contributed by atoms with E-state index >= 15 is 0 Å². The fourth-order valence-corrected chi connectivity index (χ4v) is 6.84. The highest BCUT2D eigenvalue weighted by atomic mass is 16.4. The van der Waals surface area contributed by atoms with Gasteiger partial charge in [0.05, 0.1) is 0 Å². The van der Waals surface area contributed by atoms with Crippen LogP contribution >= 0.6 is 0 Å². The minimum Gasteiger partial charge on any atom is -0.508 e. The zero-order valence-electron chi connectivity index (χ0n) is 15.8. The van der Waals surface area contributed by atoms with Crippen molar-refractivity contribution in [3.05, 3.63) is 41.5 Å². The number of benzene rings is 1. The zero-order chi connectivity index (χ0) is 18.5. The average molecular weight is 354 g/mol. The molecule has 0 aromatic heterocycles. The topological polar surface area (TPSA) is 57.5 Å². The average Bonchev–Trinajstić information content (AvgIpc) is 2.96. The first-order valence-electron chi connectivity index (χ1n) is 10.1. The lowest BCUT2D eigenvalue weighted by Crippen LogP contribution is -2.43. The quantitative estimate of drug-likeness (QED) is 0.739. The molecule has 3 aliphatic rings. The van der Waals surface area contributed by atoms with Gasteiger partial charge in [-0.2, -0.15) is 0 Å². The number of fused-ring (bicyclic) bond motifs is 5. The molecule has 140 valence electrons. The lowest BCUT2D eigenvalue weighted by atomic mass is 9.53. The summed E-state index contributed by atoms with van der Waals surface area (Å²) in [6.45, 7) is 4.67. The smallest absolute Gasteiger partial charge is 0.327 e. The van der Waals surface area contributed by atoms with Crippen LogP contribution in [-0.4, -0.2) is 16.2 Å². The Kier molecular flexibility index (Phi) is 4.37. The first kappa shape index (κ1) is 17.6. The molecular weight excluding hydrogens is 324 g/mol. The Hall–Kier alpha value is -1.77. The Morgan fingerprint density at radius 3 is 2.85 bits per heavy atom. The molecule has 3 aliphatic carbocycles. The summed E-state index contributed by atoms with van der Waals surface area (Å²) in [4.78, 5) is 10.9. The van der Waals surface area contributed by atoms with E-state index in [4.69, 9.17) is 5.11 Å². The van der Waals surface area contributed by atoms with Gasteiger partial charge in [0.2, 0.25) is 0 Å². The maximum Gasteiger partial charge on any atom is 0.327 e. The van der Waals surface area contributed by atoms with Crippen molar-refractivity contribution >= 4 is 5.97 Å². The summed E-state index contributed by atoms with van der Waals surface area (Å²) >= 11 is 0. The predicted octanol–water partition coefficient (Wildman–Crippen LogP) is 5.14. The lowest BCUT2D eigenvalue weighted by Gasteiger charge is -2.51. The Bertz CT molecular complexity index is 737. The van der Waals surface area contributed by atoms with Crippen molar-refractivity contribution in [2.45, 2.75) is 58.3 Å². The van der Waals surface area contributed by atoms with E-state index in [2.05, 4.69) is 19.9 Å². The fraction of sp³-hybridized carbons (Fsp3) is 0.609. The number of allylic oxidation sites excluding steroid dienone is 1. The number of hydrogen-bond donors (Lipinski definition) is 2. The van der Waals surface area contributed by atoms with Gasteiger partial charge >= 0.3 is 5.97 Å². The van der Waals surface area contributed by atoms with Gasteiger partial charge in [-0.3, -0.25) is 0 Å². The molecule has 0 aliphatic heterocycles. The van der Waals surface area contributed by atoms with Crippen molar-refractivity contribution in [1.29, 1.82) is 0 Å². The highest BCUT2D eigenvalue weighted by Crippen LogP contribution is 2.64. The second kappa shape index (κ2) is 6.44. The van der Waals surface area contributed by atoms with E-state index in [0.717, 1.165) is 18.3 Å². The Morgan fingerprint density at radius 2 is 2.08 bits per heavy atom. The van der Waals surface area contributed by atoms with E-state index in [-0.39, 0.29) is 0 Å². The number of rotatable bonds is 3. The second-order valence-electron chi connectivity index (χ2n) is 9.08. The minimum absolute atomic E-state index is 0.325. The van der Waals surface area contributed by atoms with E-state index in [1.165, 1.54) is 49.3 Å². The van der Waals surface area contributed by atoms with Crippen LogP contribution < -0.4 is 0 Å². The number of carboxylic acids is 1. The number of aliphatic carboxylic acids is 1. The molecule has 3 heteroatoms. The molecule has 1 aromatic rings. The van der Waals surface area contributed by atoms with Gasteiger partial charge in [0.25, 0.3) is 0 Å². The molecule has 1 aromatic carbocycles. The molecule has 0 amide bonds. The van der Waals surface area contributed by atoms with Gasteiger partial charge in [-0.15, -0.1) is 0 Å². The molecule has 0 radical (unpaired) electrons. The van der Waals surface area contributed by atoms with Gasteiger partial charge in [0.15, 0.2) is 0 Å². The van der Waals surface area contributed by atoms with Crippen LogP contribution in [0.5, 0.6) is 5.75 Å². The minimum atomic E-state index is -0.840. The third-order valence-electron chi connectivity index (χ3n) is 7.96. The maximum atomic E-state index is 10.9. The highest BCUT2D eigenvalue weighted by molar-refractivity contribution is 5.79. The Morgan fingerprint density at radius 1 is 1.27 bits per heavy atom. The summed E-state index contributed by atoms with van der Waals surface area (Å²) in [6, 6.07) is 5.98. The van der Waals surface area contributed by atoms with E-state index in [1.807, 2.05) is 18.2 Å². The van der Waals surface area contributed by atoms with Gasteiger partial charge in [-0.1, -0.05) is 26.0 Å². The monoisotopic (exact) mass is 354 g/mol. The summed E-state index contributed by atoms with van der Waals surface area (Å²) in [7, 11) is 0. The first-order chi connectivity index (χ1) is 12.4. The molecule has 0 bridgehead atoms. The van der Waals surface area contributed by atoms with Crippen LogP contribution in [0.2, 0.25) is 0 Å². The number of hydrogen-bond acceptors (Lipinski definition) is 2. The third-order valence-corrected chi connectivity index (χ3v) is 7.96. The molecule has 6 atom stereocenters. The zero-order valence-corrected chi connectivity index (χ0v) is 15.8. The van der Waals surface area contributed by atoms with Crippen LogP contribution in [0.4, 0.5) is 0 Å². The molecule has 2 saturated carbocycles. The van der Waals surface area contributed by atoms with Crippen molar-refractivity contribution in [3.8, 4) is 5.75 Å². The van der Waals surface area contributed by atoms with Crippen molar-refractivity contribution in [3.63, 3.8) is 0 Å². The Labute approximate surface area is 156 Å². The lowest BCUT2D eigenvalue weighted by molar-refractivity contribution is -0.131. The molecule has 6 unspecified atom stereocenters. The van der Waals surface area contributed by atoms with Crippen molar-refractivity contribution < 1.29 is 15.0 Å². The van der Waals surface area contributed by atoms with E-state index in [1.54, 1.807) is 0 Å². The van der Waals surface area contributed by atoms with Gasteiger partial charge in [0, 0.05) is 6.08 Å². The van der Waals surface area contributed by atoms with Crippen LogP contribution in [0, 0.1) is 29.1 Å². The number of carbonyl (C=O) groups is 1. The molecule has 0 spiro atoms. The number of aryl methyl sites for hydroxylation is 1. The third kappa shape index (κ3) is 2.76. The SMILES string of the molecule is CC(C=CC(=O)O)C1CCC2C3CCc4cc(O)ccc4C3CCC12C. The number of phenols is 1. The summed E-state index contributed by atoms with van der Waals surface area (Å²) < 4.78 is 0. The fourth-order valence-electron chi connectivity index (χ4n) is 6.84. The first-order valence-corrected chi connectivity index (χ1v) is 10.1. The summed E-state index contributed by atoms with van der Waals surface area (Å²) in [6.07, 6.45) is 10.5. The molecule has 2 N–H and O–H groups in total. The second-order valence-corrected chi connectivity index (χ2v) is 9.08. The normalized spacial score (nSPS) is 37.0. The molecule has 3 nitrogen and oxygen atoms in total. The van der Waals surface area contributed by atoms with E-state index < -0.39 is 5.97 Å². The predicted molar refractivity (Wildman–Crippen MR) is 102 cm³/mol. The maximum absolute atomic E-state index is 10.9. The van der Waals surface area contributed by atoms with E-state index in [9.17, 15) is 9.90 Å². The van der Waals surface area contributed by atoms with Gasteiger partial charge in [-0.05, 0) is 96.8 Å². The van der Waals surface area contributed by atoms with Crippen LogP contribution in [0.25, 0.3) is 0 Å². The summed E-state index contributed by atoms with van der Waals surface area (Å²) in [5, 5.41) is 18.8. The van der Waals surface area contributed by atoms with Crippen molar-refractivity contribution in [2.24, 2.45) is 29.1 Å². The summed E-state index contributed by atoms with van der Waals surface area (Å²) in [5.74, 6) is 2.59. The molecule has 2 fully saturated rings.